The van der Waals surface area contributed by atoms with E-state index in [9.17, 15) is 4.79 Å². The van der Waals surface area contributed by atoms with Crippen LogP contribution in [0.3, 0.4) is 0 Å². The van der Waals surface area contributed by atoms with Crippen LogP contribution in [0.1, 0.15) is 18.5 Å². The lowest BCUT2D eigenvalue weighted by atomic mass is 10.1. The zero-order chi connectivity index (χ0) is 15.2. The first kappa shape index (κ1) is 15.6. The number of methoxy groups -OCH3 is 1. The number of carbonyl (C=O) groups excluding carboxylic acids is 1. The Morgan fingerprint density at radius 1 is 1.48 bits per heavy atom. The van der Waals surface area contributed by atoms with E-state index in [0.717, 1.165) is 11.3 Å². The maximum atomic E-state index is 12.0. The van der Waals surface area contributed by atoms with Crippen molar-refractivity contribution in [3.63, 3.8) is 0 Å². The lowest BCUT2D eigenvalue weighted by molar-refractivity contribution is -0.119. The van der Waals surface area contributed by atoms with Gasteiger partial charge in [0, 0.05) is 5.56 Å². The van der Waals surface area contributed by atoms with Gasteiger partial charge in [0.25, 0.3) is 0 Å². The topological polar surface area (TPSA) is 90.1 Å². The number of carbonyl (C=O) groups is 1. The Morgan fingerprint density at radius 3 is 2.90 bits per heavy atom. The van der Waals surface area contributed by atoms with Crippen molar-refractivity contribution in [3.8, 4) is 5.75 Å². The summed E-state index contributed by atoms with van der Waals surface area (Å²) in [4.78, 5) is 12.0. The highest BCUT2D eigenvalue weighted by Gasteiger charge is 2.14. The number of benzene rings is 1. The van der Waals surface area contributed by atoms with Crippen molar-refractivity contribution in [3.05, 3.63) is 29.8 Å². The number of anilines is 1. The molecule has 0 bridgehead atoms. The number of amides is 1. The van der Waals surface area contributed by atoms with Crippen molar-refractivity contribution in [2.24, 2.45) is 0 Å². The average molecular weight is 324 g/mol. The number of nitrogens with two attached hydrogens (primary N) is 1. The normalized spacial score (nSPS) is 11.9. The summed E-state index contributed by atoms with van der Waals surface area (Å²) in [6.45, 7) is 1.92. The fourth-order valence-electron chi connectivity index (χ4n) is 1.79. The van der Waals surface area contributed by atoms with Crippen LogP contribution in [0, 0.1) is 0 Å². The van der Waals surface area contributed by atoms with Crippen molar-refractivity contribution in [2.75, 3.05) is 18.6 Å². The van der Waals surface area contributed by atoms with Crippen LogP contribution in [-0.4, -0.2) is 29.0 Å². The molecule has 0 fully saturated rings. The molecule has 0 radical (unpaired) electrons. The first-order chi connectivity index (χ1) is 10.1. The number of aromatic nitrogens is 2. The van der Waals surface area contributed by atoms with E-state index in [1.54, 1.807) is 7.11 Å². The van der Waals surface area contributed by atoms with Gasteiger partial charge in [-0.05, 0) is 13.0 Å². The summed E-state index contributed by atoms with van der Waals surface area (Å²) in [5.41, 5.74) is 6.43. The third kappa shape index (κ3) is 4.33. The molecule has 0 aliphatic carbocycles. The summed E-state index contributed by atoms with van der Waals surface area (Å²) in [6.07, 6.45) is 0. The molecule has 0 saturated heterocycles. The van der Waals surface area contributed by atoms with Gasteiger partial charge >= 0.3 is 0 Å². The zero-order valence-electron chi connectivity index (χ0n) is 11.7. The SMILES string of the molecule is COc1ccccc1C(C)NC(=O)CSc1nnc(N)s1. The molecule has 1 heterocycles. The van der Waals surface area contributed by atoms with Gasteiger partial charge in [0.2, 0.25) is 11.0 Å². The Bertz CT molecular complexity index is 618. The van der Waals surface area contributed by atoms with Gasteiger partial charge in [0.15, 0.2) is 4.34 Å². The predicted octanol–water partition coefficient (Wildman–Crippen LogP) is 2.10. The van der Waals surface area contributed by atoms with Crippen molar-refractivity contribution < 1.29 is 9.53 Å². The van der Waals surface area contributed by atoms with E-state index in [0.29, 0.717) is 9.47 Å². The summed E-state index contributed by atoms with van der Waals surface area (Å²) in [7, 11) is 1.61. The zero-order valence-corrected chi connectivity index (χ0v) is 13.3. The maximum absolute atomic E-state index is 12.0. The molecule has 0 aliphatic heterocycles. The van der Waals surface area contributed by atoms with Gasteiger partial charge in [0.05, 0.1) is 18.9 Å². The Balaban J connectivity index is 1.89. The van der Waals surface area contributed by atoms with Crippen LogP contribution >= 0.6 is 23.1 Å². The van der Waals surface area contributed by atoms with E-state index in [-0.39, 0.29) is 17.7 Å². The Hall–Kier alpha value is -1.80. The van der Waals surface area contributed by atoms with Crippen LogP contribution in [0.25, 0.3) is 0 Å². The third-order valence-corrected chi connectivity index (χ3v) is 4.62. The lowest BCUT2D eigenvalue weighted by Gasteiger charge is -2.16. The molecule has 0 spiro atoms. The highest BCUT2D eigenvalue weighted by Crippen LogP contribution is 2.25. The van der Waals surface area contributed by atoms with Crippen LogP contribution in [0.4, 0.5) is 5.13 Å². The molecule has 0 aliphatic rings. The third-order valence-electron chi connectivity index (χ3n) is 2.73. The number of ether oxygens (including phenoxy) is 1. The molecule has 1 aromatic carbocycles. The van der Waals surface area contributed by atoms with E-state index < -0.39 is 0 Å². The van der Waals surface area contributed by atoms with E-state index in [1.807, 2.05) is 31.2 Å². The number of para-hydroxylation sites is 1. The summed E-state index contributed by atoms with van der Waals surface area (Å²) in [5.74, 6) is 0.954. The first-order valence-electron chi connectivity index (χ1n) is 6.24. The minimum atomic E-state index is -0.131. The molecule has 21 heavy (non-hydrogen) atoms. The molecule has 0 saturated carbocycles. The van der Waals surface area contributed by atoms with E-state index in [4.69, 9.17) is 10.5 Å². The number of hydrogen-bond donors (Lipinski definition) is 2. The second-order valence-corrected chi connectivity index (χ2v) is 6.46. The number of nitrogens with zero attached hydrogens (tertiary/aromatic N) is 2. The molecule has 2 rings (SSSR count). The van der Waals surface area contributed by atoms with Gasteiger partial charge in [0.1, 0.15) is 5.75 Å². The quantitative estimate of drug-likeness (QED) is 0.791. The number of rotatable bonds is 6. The molecule has 1 amide bonds. The van der Waals surface area contributed by atoms with Crippen LogP contribution < -0.4 is 15.8 Å². The molecule has 1 unspecified atom stereocenters. The van der Waals surface area contributed by atoms with Crippen LogP contribution in [0.2, 0.25) is 0 Å². The molecule has 1 atom stereocenters. The van der Waals surface area contributed by atoms with Gasteiger partial charge in [-0.3, -0.25) is 4.79 Å². The van der Waals surface area contributed by atoms with E-state index in [1.165, 1.54) is 23.1 Å². The largest absolute Gasteiger partial charge is 0.496 e. The molecule has 3 N–H and O–H groups in total. The second kappa shape index (κ2) is 7.28. The molecular weight excluding hydrogens is 308 g/mol. The van der Waals surface area contributed by atoms with E-state index in [2.05, 4.69) is 15.5 Å². The van der Waals surface area contributed by atoms with Crippen LogP contribution in [0.15, 0.2) is 28.6 Å². The highest BCUT2D eigenvalue weighted by molar-refractivity contribution is 8.01. The van der Waals surface area contributed by atoms with Crippen molar-refractivity contribution in [1.29, 1.82) is 0 Å². The standard InChI is InChI=1S/C13H16N4O2S2/c1-8(9-5-3-4-6-10(9)19-2)15-11(18)7-20-13-17-16-12(14)21-13/h3-6,8H,7H2,1-2H3,(H2,14,16)(H,15,18). The number of nitrogen functional groups attached to an aromatic ring is 1. The van der Waals surface area contributed by atoms with Gasteiger partial charge in [-0.15, -0.1) is 10.2 Å². The second-order valence-electron chi connectivity index (χ2n) is 4.23. The number of nitrogens with one attached hydrogen (secondary N) is 1. The summed E-state index contributed by atoms with van der Waals surface area (Å²) >= 11 is 2.59. The maximum Gasteiger partial charge on any atom is 0.230 e. The van der Waals surface area contributed by atoms with Gasteiger partial charge in [-0.25, -0.2) is 0 Å². The smallest absolute Gasteiger partial charge is 0.230 e. The summed E-state index contributed by atoms with van der Waals surface area (Å²) < 4.78 is 5.98. The van der Waals surface area contributed by atoms with Gasteiger partial charge in [-0.1, -0.05) is 41.3 Å². The molecule has 112 valence electrons. The highest BCUT2D eigenvalue weighted by atomic mass is 32.2. The van der Waals surface area contributed by atoms with Crippen molar-refractivity contribution >= 4 is 34.1 Å². The molecule has 2 aromatic rings. The fraction of sp³-hybridized carbons (Fsp3) is 0.308. The molecule has 6 nitrogen and oxygen atoms in total. The number of hydrogen-bond acceptors (Lipinski definition) is 7. The number of thioether (sulfide) groups is 1. The fourth-order valence-corrected chi connectivity index (χ4v) is 3.24. The summed E-state index contributed by atoms with van der Waals surface area (Å²) in [5, 5.41) is 10.9. The van der Waals surface area contributed by atoms with Gasteiger partial charge < -0.3 is 15.8 Å². The average Bonchev–Trinajstić information content (AvgIpc) is 2.90. The monoisotopic (exact) mass is 324 g/mol. The van der Waals surface area contributed by atoms with E-state index >= 15 is 0 Å². The Kier molecular flexibility index (Phi) is 5.40. The Labute approximate surface area is 131 Å². The molecular formula is C13H16N4O2S2. The Morgan fingerprint density at radius 2 is 2.24 bits per heavy atom. The van der Waals surface area contributed by atoms with Gasteiger partial charge in [-0.2, -0.15) is 0 Å². The van der Waals surface area contributed by atoms with Crippen LogP contribution in [-0.2, 0) is 4.79 Å². The predicted molar refractivity (Wildman–Crippen MR) is 84.6 cm³/mol. The molecule has 8 heteroatoms. The lowest BCUT2D eigenvalue weighted by Crippen LogP contribution is -2.28. The first-order valence-corrected chi connectivity index (χ1v) is 8.04. The minimum absolute atomic E-state index is 0.0767. The molecule has 1 aromatic heterocycles. The minimum Gasteiger partial charge on any atom is -0.496 e. The van der Waals surface area contributed by atoms with Crippen molar-refractivity contribution in [2.45, 2.75) is 17.3 Å². The summed E-state index contributed by atoms with van der Waals surface area (Å²) in [6, 6.07) is 7.49. The van der Waals surface area contributed by atoms with Crippen molar-refractivity contribution in [1.82, 2.24) is 15.5 Å². The van der Waals surface area contributed by atoms with Crippen LogP contribution in [0.5, 0.6) is 5.75 Å².